The Morgan fingerprint density at radius 3 is 2.40 bits per heavy atom. The van der Waals surface area contributed by atoms with Crippen molar-refractivity contribution in [3.63, 3.8) is 0 Å². The van der Waals surface area contributed by atoms with Crippen LogP contribution < -0.4 is 5.32 Å². The van der Waals surface area contributed by atoms with Crippen molar-refractivity contribution in [3.8, 4) is 0 Å². The predicted molar refractivity (Wildman–Crippen MR) is 86.2 cm³/mol. The maximum absolute atomic E-state index is 11.9. The van der Waals surface area contributed by atoms with E-state index in [4.69, 9.17) is 0 Å². The molecule has 1 N–H and O–H groups in total. The zero-order valence-electron chi connectivity index (χ0n) is 11.2. The van der Waals surface area contributed by atoms with E-state index in [-0.39, 0.29) is 11.9 Å². The van der Waals surface area contributed by atoms with E-state index in [1.165, 1.54) is 0 Å². The van der Waals surface area contributed by atoms with Crippen LogP contribution in [-0.2, 0) is 4.79 Å². The van der Waals surface area contributed by atoms with Crippen molar-refractivity contribution >= 4 is 27.9 Å². The quantitative estimate of drug-likeness (QED) is 0.830. The number of carbonyl (C=O) groups is 1. The minimum Gasteiger partial charge on any atom is -0.346 e. The van der Waals surface area contributed by atoms with E-state index < -0.39 is 0 Å². The molecule has 0 heterocycles. The van der Waals surface area contributed by atoms with Crippen LogP contribution >= 0.6 is 15.9 Å². The largest absolute Gasteiger partial charge is 0.346 e. The molecule has 0 aromatic heterocycles. The first-order valence-electron chi connectivity index (χ1n) is 6.44. The van der Waals surface area contributed by atoms with Gasteiger partial charge in [0.15, 0.2) is 0 Å². The second-order valence-corrected chi connectivity index (χ2v) is 5.44. The number of hydrogen-bond acceptors (Lipinski definition) is 1. The lowest BCUT2D eigenvalue weighted by atomic mass is 10.1. The topological polar surface area (TPSA) is 29.1 Å². The first kappa shape index (κ1) is 14.5. The molecule has 0 saturated heterocycles. The van der Waals surface area contributed by atoms with Gasteiger partial charge >= 0.3 is 0 Å². The van der Waals surface area contributed by atoms with Crippen LogP contribution in [0.5, 0.6) is 0 Å². The number of rotatable bonds is 4. The van der Waals surface area contributed by atoms with Crippen LogP contribution in [0.3, 0.4) is 0 Å². The number of nitrogens with one attached hydrogen (secondary N) is 1. The number of hydrogen-bond donors (Lipinski definition) is 1. The summed E-state index contributed by atoms with van der Waals surface area (Å²) in [5.74, 6) is -0.0933. The van der Waals surface area contributed by atoms with E-state index in [0.29, 0.717) is 0 Å². The number of halogens is 1. The van der Waals surface area contributed by atoms with E-state index in [0.717, 1.165) is 15.6 Å². The van der Waals surface area contributed by atoms with Gasteiger partial charge in [0.05, 0.1) is 6.04 Å². The summed E-state index contributed by atoms with van der Waals surface area (Å²) in [4.78, 5) is 11.9. The Morgan fingerprint density at radius 1 is 1.10 bits per heavy atom. The summed E-state index contributed by atoms with van der Waals surface area (Å²) in [7, 11) is 0. The fourth-order valence-electron chi connectivity index (χ4n) is 1.83. The molecule has 1 amide bonds. The molecule has 0 bridgehead atoms. The van der Waals surface area contributed by atoms with Crippen LogP contribution in [0.2, 0.25) is 0 Å². The SMILES string of the molecule is C[C@H](NC(=O)/C=C/c1ccccc1)c1ccc(Br)cc1. The van der Waals surface area contributed by atoms with Crippen molar-refractivity contribution in [2.45, 2.75) is 13.0 Å². The van der Waals surface area contributed by atoms with E-state index in [9.17, 15) is 4.79 Å². The van der Waals surface area contributed by atoms with Crippen molar-refractivity contribution < 1.29 is 4.79 Å². The summed E-state index contributed by atoms with van der Waals surface area (Å²) in [5.41, 5.74) is 2.09. The van der Waals surface area contributed by atoms with Gasteiger partial charge in [-0.25, -0.2) is 0 Å². The van der Waals surface area contributed by atoms with Gasteiger partial charge in [0.25, 0.3) is 0 Å². The van der Waals surface area contributed by atoms with Crippen LogP contribution in [0, 0.1) is 0 Å². The Kier molecular flexibility index (Phi) is 5.13. The summed E-state index contributed by atoms with van der Waals surface area (Å²) in [6.45, 7) is 1.97. The molecule has 102 valence electrons. The summed E-state index contributed by atoms with van der Waals surface area (Å²) in [5, 5.41) is 2.94. The molecular weight excluding hydrogens is 314 g/mol. The molecule has 0 spiro atoms. The summed E-state index contributed by atoms with van der Waals surface area (Å²) in [6.07, 6.45) is 3.37. The average Bonchev–Trinajstić information content (AvgIpc) is 2.47. The minimum absolute atomic E-state index is 0.0176. The Morgan fingerprint density at radius 2 is 1.75 bits per heavy atom. The molecule has 20 heavy (non-hydrogen) atoms. The molecule has 1 atom stereocenters. The second-order valence-electron chi connectivity index (χ2n) is 4.53. The Bertz CT molecular complexity index is 590. The van der Waals surface area contributed by atoms with Gasteiger partial charge in [-0.2, -0.15) is 0 Å². The highest BCUT2D eigenvalue weighted by Gasteiger charge is 2.06. The molecule has 0 fully saturated rings. The van der Waals surface area contributed by atoms with Crippen molar-refractivity contribution in [1.82, 2.24) is 5.32 Å². The van der Waals surface area contributed by atoms with Crippen molar-refractivity contribution in [2.75, 3.05) is 0 Å². The maximum atomic E-state index is 11.9. The summed E-state index contributed by atoms with van der Waals surface area (Å²) in [6, 6.07) is 17.7. The van der Waals surface area contributed by atoms with Gasteiger partial charge in [0.1, 0.15) is 0 Å². The second kappa shape index (κ2) is 7.06. The fraction of sp³-hybridized carbons (Fsp3) is 0.118. The first-order valence-corrected chi connectivity index (χ1v) is 7.23. The van der Waals surface area contributed by atoms with Gasteiger partial charge in [0.2, 0.25) is 5.91 Å². The highest BCUT2D eigenvalue weighted by atomic mass is 79.9. The van der Waals surface area contributed by atoms with Crippen LogP contribution in [0.1, 0.15) is 24.1 Å². The molecule has 0 saturated carbocycles. The highest BCUT2D eigenvalue weighted by Crippen LogP contribution is 2.16. The fourth-order valence-corrected chi connectivity index (χ4v) is 2.10. The summed E-state index contributed by atoms with van der Waals surface area (Å²) >= 11 is 3.40. The highest BCUT2D eigenvalue weighted by molar-refractivity contribution is 9.10. The first-order chi connectivity index (χ1) is 9.65. The van der Waals surface area contributed by atoms with Crippen LogP contribution in [0.15, 0.2) is 65.1 Å². The van der Waals surface area contributed by atoms with Gasteiger partial charge < -0.3 is 5.32 Å². The average molecular weight is 330 g/mol. The van der Waals surface area contributed by atoms with Gasteiger partial charge in [-0.15, -0.1) is 0 Å². The van der Waals surface area contributed by atoms with Crippen LogP contribution in [0.4, 0.5) is 0 Å². The Hall–Kier alpha value is -1.87. The van der Waals surface area contributed by atoms with Gasteiger partial charge in [-0.3, -0.25) is 4.79 Å². The third-order valence-corrected chi connectivity index (χ3v) is 3.48. The normalized spacial score (nSPS) is 12.3. The van der Waals surface area contributed by atoms with Crippen molar-refractivity contribution in [3.05, 3.63) is 76.3 Å². The van der Waals surface area contributed by atoms with E-state index in [1.807, 2.05) is 67.6 Å². The smallest absolute Gasteiger partial charge is 0.244 e. The van der Waals surface area contributed by atoms with Crippen molar-refractivity contribution in [2.24, 2.45) is 0 Å². The molecule has 0 radical (unpaired) electrons. The van der Waals surface area contributed by atoms with Crippen LogP contribution in [-0.4, -0.2) is 5.91 Å². The third kappa shape index (κ3) is 4.35. The van der Waals surface area contributed by atoms with E-state index >= 15 is 0 Å². The van der Waals surface area contributed by atoms with Crippen molar-refractivity contribution in [1.29, 1.82) is 0 Å². The minimum atomic E-state index is -0.0933. The molecule has 0 aliphatic carbocycles. The maximum Gasteiger partial charge on any atom is 0.244 e. The zero-order chi connectivity index (χ0) is 14.4. The molecule has 2 nitrogen and oxygen atoms in total. The molecule has 2 rings (SSSR count). The lowest BCUT2D eigenvalue weighted by molar-refractivity contribution is -0.117. The number of benzene rings is 2. The Labute approximate surface area is 127 Å². The molecule has 2 aromatic rings. The summed E-state index contributed by atoms with van der Waals surface area (Å²) < 4.78 is 1.03. The van der Waals surface area contributed by atoms with E-state index in [1.54, 1.807) is 6.08 Å². The Balaban J connectivity index is 1.94. The molecule has 0 aliphatic rings. The number of carbonyl (C=O) groups excluding carboxylic acids is 1. The lowest BCUT2D eigenvalue weighted by Crippen LogP contribution is -2.24. The van der Waals surface area contributed by atoms with E-state index in [2.05, 4.69) is 21.2 Å². The standard InChI is InChI=1S/C17H16BrNO/c1-13(15-8-10-16(18)11-9-15)19-17(20)12-7-14-5-3-2-4-6-14/h2-13H,1H3,(H,19,20)/b12-7+/t13-/m0/s1. The molecular formula is C17H16BrNO. The van der Waals surface area contributed by atoms with Crippen LogP contribution in [0.25, 0.3) is 6.08 Å². The lowest BCUT2D eigenvalue weighted by Gasteiger charge is -2.12. The molecule has 0 aliphatic heterocycles. The van der Waals surface area contributed by atoms with Gasteiger partial charge in [-0.1, -0.05) is 58.4 Å². The molecule has 0 unspecified atom stereocenters. The monoisotopic (exact) mass is 329 g/mol. The van der Waals surface area contributed by atoms with Gasteiger partial charge in [0, 0.05) is 10.5 Å². The molecule has 2 aromatic carbocycles. The number of amides is 1. The third-order valence-electron chi connectivity index (χ3n) is 2.96. The zero-order valence-corrected chi connectivity index (χ0v) is 12.8. The molecule has 3 heteroatoms. The predicted octanol–water partition coefficient (Wildman–Crippen LogP) is 4.34. The van der Waals surface area contributed by atoms with Gasteiger partial charge in [-0.05, 0) is 36.3 Å².